The molecule has 14 heavy (non-hydrogen) atoms. The van der Waals surface area contributed by atoms with Crippen LogP contribution in [0.3, 0.4) is 0 Å². The van der Waals surface area contributed by atoms with Crippen molar-refractivity contribution < 1.29 is 24.9 Å². The van der Waals surface area contributed by atoms with Crippen LogP contribution in [0.1, 0.15) is 0 Å². The smallest absolute Gasteiger partial charge is 0.414 e. The Bertz CT molecular complexity index is 286. The third-order valence-electron chi connectivity index (χ3n) is 1.01. The van der Waals surface area contributed by atoms with Gasteiger partial charge in [0.15, 0.2) is 0 Å². The predicted molar refractivity (Wildman–Crippen MR) is 48.4 cm³/mol. The van der Waals surface area contributed by atoms with E-state index in [1.165, 1.54) is 0 Å². The Kier molecular flexibility index (Phi) is 5.09. The van der Waals surface area contributed by atoms with Crippen molar-refractivity contribution in [2.24, 2.45) is 0 Å². The number of phenolic OH excluding ortho intramolecular Hbond substituents is 1. The zero-order valence-electron chi connectivity index (χ0n) is 6.85. The zero-order valence-corrected chi connectivity index (χ0v) is 7.60. The number of benzene rings is 1. The van der Waals surface area contributed by atoms with Gasteiger partial charge in [0.05, 0.1) is 0 Å². The molecule has 0 saturated heterocycles. The SMILES string of the molecule is O=C(O)C(=O)O.Oc1ccc(Cl)cc1. The summed E-state index contributed by atoms with van der Waals surface area (Å²) in [5, 5.41) is 24.1. The number of carbonyl (C=O) groups is 2. The molecule has 0 fully saturated rings. The molecule has 0 atom stereocenters. The first kappa shape index (κ1) is 12.2. The minimum Gasteiger partial charge on any atom is -0.508 e. The van der Waals surface area contributed by atoms with Gasteiger partial charge in [0.2, 0.25) is 0 Å². The Labute approximate surface area is 84.2 Å². The maximum Gasteiger partial charge on any atom is 0.414 e. The summed E-state index contributed by atoms with van der Waals surface area (Å²) in [6.45, 7) is 0. The van der Waals surface area contributed by atoms with E-state index >= 15 is 0 Å². The molecular weight excluding hydrogens is 212 g/mol. The van der Waals surface area contributed by atoms with E-state index in [9.17, 15) is 0 Å². The van der Waals surface area contributed by atoms with Gasteiger partial charge < -0.3 is 15.3 Å². The lowest BCUT2D eigenvalue weighted by Crippen LogP contribution is -2.09. The minimum absolute atomic E-state index is 0.245. The molecule has 0 bridgehead atoms. The highest BCUT2D eigenvalue weighted by Crippen LogP contribution is 2.12. The van der Waals surface area contributed by atoms with Crippen LogP contribution in [0.4, 0.5) is 0 Å². The first-order chi connectivity index (χ1) is 6.43. The molecule has 0 aliphatic rings. The standard InChI is InChI=1S/C6H5ClO.C2H2O4/c7-5-1-3-6(8)4-2-5;3-1(4)2(5)6/h1-4,8H;(H,3,4)(H,5,6). The highest BCUT2D eigenvalue weighted by molar-refractivity contribution is 6.30. The molecule has 1 rings (SSSR count). The average molecular weight is 219 g/mol. The van der Waals surface area contributed by atoms with Crippen LogP contribution >= 0.6 is 11.6 Å². The summed E-state index contributed by atoms with van der Waals surface area (Å²) in [6.07, 6.45) is 0. The summed E-state index contributed by atoms with van der Waals surface area (Å²) in [6, 6.07) is 6.36. The summed E-state index contributed by atoms with van der Waals surface area (Å²) in [5.74, 6) is -3.40. The second kappa shape index (κ2) is 5.82. The minimum atomic E-state index is -1.82. The van der Waals surface area contributed by atoms with E-state index in [0.717, 1.165) is 0 Å². The van der Waals surface area contributed by atoms with Crippen LogP contribution in [0.15, 0.2) is 24.3 Å². The van der Waals surface area contributed by atoms with E-state index in [2.05, 4.69) is 0 Å². The van der Waals surface area contributed by atoms with Crippen LogP contribution in [-0.4, -0.2) is 27.3 Å². The molecule has 1 aromatic rings. The molecule has 0 heterocycles. The summed E-state index contributed by atoms with van der Waals surface area (Å²) < 4.78 is 0. The van der Waals surface area contributed by atoms with E-state index in [0.29, 0.717) is 5.02 Å². The maximum atomic E-state index is 9.10. The Morgan fingerprint density at radius 3 is 1.57 bits per heavy atom. The molecule has 0 aromatic heterocycles. The second-order valence-electron chi connectivity index (χ2n) is 2.09. The largest absolute Gasteiger partial charge is 0.508 e. The third-order valence-corrected chi connectivity index (χ3v) is 1.26. The van der Waals surface area contributed by atoms with Crippen molar-refractivity contribution in [3.05, 3.63) is 29.3 Å². The van der Waals surface area contributed by atoms with Crippen molar-refractivity contribution >= 4 is 23.5 Å². The number of carboxylic acid groups (broad SMARTS) is 2. The summed E-state index contributed by atoms with van der Waals surface area (Å²) >= 11 is 5.50. The monoisotopic (exact) mass is 218 g/mol. The number of rotatable bonds is 0. The van der Waals surface area contributed by atoms with Crippen LogP contribution < -0.4 is 0 Å². The van der Waals surface area contributed by atoms with E-state index in [4.69, 9.17) is 36.5 Å². The first-order valence-electron chi connectivity index (χ1n) is 3.34. The molecule has 0 amide bonds. The molecule has 3 N–H and O–H groups in total. The fourth-order valence-corrected chi connectivity index (χ4v) is 0.567. The maximum absolute atomic E-state index is 9.10. The number of halogens is 1. The van der Waals surface area contributed by atoms with E-state index in [1.807, 2.05) is 0 Å². The van der Waals surface area contributed by atoms with Crippen molar-refractivity contribution in [3.63, 3.8) is 0 Å². The number of aliphatic carboxylic acids is 2. The fraction of sp³-hybridized carbons (Fsp3) is 0. The van der Waals surface area contributed by atoms with Crippen LogP contribution in [0, 0.1) is 0 Å². The molecular formula is C8H7ClO5. The van der Waals surface area contributed by atoms with Crippen LogP contribution in [-0.2, 0) is 9.59 Å². The van der Waals surface area contributed by atoms with Gasteiger partial charge in [0, 0.05) is 5.02 Å². The van der Waals surface area contributed by atoms with Gasteiger partial charge in [-0.25, -0.2) is 9.59 Å². The third kappa shape index (κ3) is 5.84. The lowest BCUT2D eigenvalue weighted by Gasteiger charge is -1.87. The van der Waals surface area contributed by atoms with Crippen molar-refractivity contribution in [2.75, 3.05) is 0 Å². The average Bonchev–Trinajstić information content (AvgIpc) is 2.11. The number of hydrogen-bond donors (Lipinski definition) is 3. The number of hydrogen-bond acceptors (Lipinski definition) is 3. The molecule has 0 radical (unpaired) electrons. The van der Waals surface area contributed by atoms with Crippen molar-refractivity contribution in [1.82, 2.24) is 0 Å². The van der Waals surface area contributed by atoms with E-state index < -0.39 is 11.9 Å². The van der Waals surface area contributed by atoms with Gasteiger partial charge in [-0.2, -0.15) is 0 Å². The summed E-state index contributed by atoms with van der Waals surface area (Å²) in [5.41, 5.74) is 0. The topological polar surface area (TPSA) is 94.8 Å². The molecule has 0 aliphatic heterocycles. The first-order valence-corrected chi connectivity index (χ1v) is 3.72. The van der Waals surface area contributed by atoms with Crippen molar-refractivity contribution in [2.45, 2.75) is 0 Å². The van der Waals surface area contributed by atoms with Crippen molar-refractivity contribution in [1.29, 1.82) is 0 Å². The quantitative estimate of drug-likeness (QED) is 0.569. The normalized spacial score (nSPS) is 8.36. The predicted octanol–water partition coefficient (Wildman–Crippen LogP) is 1.20. The van der Waals surface area contributed by atoms with Crippen LogP contribution in [0.5, 0.6) is 5.75 Å². The Balaban J connectivity index is 0.000000255. The molecule has 0 aliphatic carbocycles. The number of phenols is 1. The molecule has 6 heteroatoms. The Morgan fingerprint density at radius 2 is 1.36 bits per heavy atom. The highest BCUT2D eigenvalue weighted by Gasteiger charge is 2.04. The van der Waals surface area contributed by atoms with Crippen LogP contribution in [0.25, 0.3) is 0 Å². The van der Waals surface area contributed by atoms with Gasteiger partial charge >= 0.3 is 11.9 Å². The molecule has 76 valence electrons. The van der Waals surface area contributed by atoms with Crippen molar-refractivity contribution in [3.8, 4) is 5.75 Å². The number of aromatic hydroxyl groups is 1. The zero-order chi connectivity index (χ0) is 11.1. The summed E-state index contributed by atoms with van der Waals surface area (Å²) in [4.78, 5) is 18.2. The molecule has 1 aromatic carbocycles. The Hall–Kier alpha value is -1.75. The van der Waals surface area contributed by atoms with E-state index in [1.54, 1.807) is 24.3 Å². The van der Waals surface area contributed by atoms with Gasteiger partial charge in [-0.1, -0.05) is 11.6 Å². The van der Waals surface area contributed by atoms with Crippen LogP contribution in [0.2, 0.25) is 5.02 Å². The lowest BCUT2D eigenvalue weighted by molar-refractivity contribution is -0.159. The lowest BCUT2D eigenvalue weighted by atomic mass is 10.3. The molecule has 0 unspecified atom stereocenters. The highest BCUT2D eigenvalue weighted by atomic mass is 35.5. The second-order valence-corrected chi connectivity index (χ2v) is 2.52. The van der Waals surface area contributed by atoms with Gasteiger partial charge in [0.1, 0.15) is 5.75 Å². The van der Waals surface area contributed by atoms with Gasteiger partial charge in [-0.15, -0.1) is 0 Å². The van der Waals surface area contributed by atoms with Gasteiger partial charge in [0.25, 0.3) is 0 Å². The molecule has 5 nitrogen and oxygen atoms in total. The molecule has 0 spiro atoms. The Morgan fingerprint density at radius 1 is 1.00 bits per heavy atom. The van der Waals surface area contributed by atoms with E-state index in [-0.39, 0.29) is 5.75 Å². The molecule has 0 saturated carbocycles. The number of carboxylic acids is 2. The van der Waals surface area contributed by atoms with Gasteiger partial charge in [-0.3, -0.25) is 0 Å². The summed E-state index contributed by atoms with van der Waals surface area (Å²) in [7, 11) is 0. The van der Waals surface area contributed by atoms with Gasteiger partial charge in [-0.05, 0) is 24.3 Å². The fourth-order valence-electron chi connectivity index (χ4n) is 0.441.